The summed E-state index contributed by atoms with van der Waals surface area (Å²) in [6.07, 6.45) is 2.34. The van der Waals surface area contributed by atoms with Crippen molar-refractivity contribution in [3.05, 3.63) is 79.8 Å². The van der Waals surface area contributed by atoms with Crippen molar-refractivity contribution < 1.29 is 0 Å². The zero-order valence-electron chi connectivity index (χ0n) is 13.9. The minimum absolute atomic E-state index is 0.0835. The van der Waals surface area contributed by atoms with Crippen LogP contribution >= 0.6 is 23.2 Å². The van der Waals surface area contributed by atoms with Crippen LogP contribution in [-0.2, 0) is 19.5 Å². The van der Waals surface area contributed by atoms with E-state index in [1.54, 1.807) is 12.3 Å². The van der Waals surface area contributed by atoms with Crippen LogP contribution in [0.15, 0.2) is 47.4 Å². The van der Waals surface area contributed by atoms with Gasteiger partial charge in [-0.2, -0.15) is 0 Å². The van der Waals surface area contributed by atoms with Crippen LogP contribution in [0.5, 0.6) is 0 Å². The SMILES string of the molecule is O=c1[nH]c(-c2ccccn2)nc2c1CCN(Cc1ccc(Cl)cc1Cl)C2. The molecule has 0 fully saturated rings. The molecular weight excluding hydrogens is 371 g/mol. The Morgan fingerprint density at radius 1 is 1.19 bits per heavy atom. The molecule has 0 bridgehead atoms. The molecule has 5 nitrogen and oxygen atoms in total. The number of fused-ring (bicyclic) bond motifs is 1. The molecule has 1 aliphatic heterocycles. The van der Waals surface area contributed by atoms with Crippen molar-refractivity contribution in [3.8, 4) is 11.5 Å². The fourth-order valence-corrected chi connectivity index (χ4v) is 3.61. The van der Waals surface area contributed by atoms with E-state index in [4.69, 9.17) is 23.2 Å². The van der Waals surface area contributed by atoms with Gasteiger partial charge in [-0.15, -0.1) is 0 Å². The summed E-state index contributed by atoms with van der Waals surface area (Å²) in [6.45, 7) is 2.06. The van der Waals surface area contributed by atoms with Crippen molar-refractivity contribution in [3.63, 3.8) is 0 Å². The van der Waals surface area contributed by atoms with E-state index < -0.39 is 0 Å². The molecule has 1 aliphatic rings. The lowest BCUT2D eigenvalue weighted by Gasteiger charge is -2.28. The van der Waals surface area contributed by atoms with E-state index in [0.29, 0.717) is 41.1 Å². The molecule has 0 amide bonds. The van der Waals surface area contributed by atoms with Gasteiger partial charge < -0.3 is 4.98 Å². The van der Waals surface area contributed by atoms with Gasteiger partial charge in [-0.1, -0.05) is 35.3 Å². The highest BCUT2D eigenvalue weighted by atomic mass is 35.5. The van der Waals surface area contributed by atoms with Crippen LogP contribution in [-0.4, -0.2) is 26.4 Å². The number of halogens is 2. The minimum Gasteiger partial charge on any atom is -0.305 e. The number of rotatable bonds is 3. The van der Waals surface area contributed by atoms with Gasteiger partial charge in [0.15, 0.2) is 5.82 Å². The Morgan fingerprint density at radius 3 is 2.85 bits per heavy atom. The molecule has 0 radical (unpaired) electrons. The van der Waals surface area contributed by atoms with Gasteiger partial charge in [-0.3, -0.25) is 14.7 Å². The normalized spacial score (nSPS) is 14.2. The summed E-state index contributed by atoms with van der Waals surface area (Å²) in [4.78, 5) is 26.4. The number of nitrogens with one attached hydrogen (secondary N) is 1. The molecule has 0 saturated heterocycles. The van der Waals surface area contributed by atoms with Crippen LogP contribution < -0.4 is 5.56 Å². The van der Waals surface area contributed by atoms with Crippen molar-refractivity contribution in [1.29, 1.82) is 0 Å². The maximum absolute atomic E-state index is 12.4. The van der Waals surface area contributed by atoms with E-state index in [9.17, 15) is 4.79 Å². The molecule has 4 rings (SSSR count). The summed E-state index contributed by atoms with van der Waals surface area (Å²) < 4.78 is 0. The Balaban J connectivity index is 1.61. The van der Waals surface area contributed by atoms with Crippen LogP contribution in [0, 0.1) is 0 Å². The van der Waals surface area contributed by atoms with Crippen molar-refractivity contribution in [2.75, 3.05) is 6.54 Å². The van der Waals surface area contributed by atoms with E-state index >= 15 is 0 Å². The average molecular weight is 387 g/mol. The van der Waals surface area contributed by atoms with Gasteiger partial charge in [0.1, 0.15) is 5.69 Å². The maximum atomic E-state index is 12.4. The largest absolute Gasteiger partial charge is 0.305 e. The molecule has 1 aromatic carbocycles. The first kappa shape index (κ1) is 17.2. The first-order chi connectivity index (χ1) is 12.6. The van der Waals surface area contributed by atoms with Crippen LogP contribution in [0.3, 0.4) is 0 Å². The number of hydrogen-bond donors (Lipinski definition) is 1. The first-order valence-corrected chi connectivity index (χ1v) is 9.05. The lowest BCUT2D eigenvalue weighted by atomic mass is 10.1. The van der Waals surface area contributed by atoms with Crippen molar-refractivity contribution in [1.82, 2.24) is 19.9 Å². The standard InChI is InChI=1S/C19H16Cl2N4O/c20-13-5-4-12(15(21)9-13)10-25-8-6-14-17(11-25)23-18(24-19(14)26)16-3-1-2-7-22-16/h1-5,7,9H,6,8,10-11H2,(H,23,24,26). The molecule has 3 aromatic rings. The summed E-state index contributed by atoms with van der Waals surface area (Å²) in [6, 6.07) is 11.1. The quantitative estimate of drug-likeness (QED) is 0.745. The van der Waals surface area contributed by atoms with Crippen molar-refractivity contribution in [2.45, 2.75) is 19.5 Å². The highest BCUT2D eigenvalue weighted by Crippen LogP contribution is 2.24. The second-order valence-electron chi connectivity index (χ2n) is 6.25. The third-order valence-corrected chi connectivity index (χ3v) is 5.06. The van der Waals surface area contributed by atoms with E-state index in [0.717, 1.165) is 23.4 Å². The second kappa shape index (κ2) is 7.19. The highest BCUT2D eigenvalue weighted by molar-refractivity contribution is 6.35. The number of aromatic amines is 1. The van der Waals surface area contributed by atoms with E-state index in [1.807, 2.05) is 30.3 Å². The third-order valence-electron chi connectivity index (χ3n) is 4.47. The molecule has 0 atom stereocenters. The smallest absolute Gasteiger partial charge is 0.254 e. The number of H-pyrrole nitrogens is 1. The molecule has 132 valence electrons. The second-order valence-corrected chi connectivity index (χ2v) is 7.09. The lowest BCUT2D eigenvalue weighted by Crippen LogP contribution is -2.35. The summed E-state index contributed by atoms with van der Waals surface area (Å²) >= 11 is 12.3. The fraction of sp³-hybridized carbons (Fsp3) is 0.211. The zero-order valence-corrected chi connectivity index (χ0v) is 15.4. The maximum Gasteiger partial charge on any atom is 0.254 e. The highest BCUT2D eigenvalue weighted by Gasteiger charge is 2.22. The van der Waals surface area contributed by atoms with Gasteiger partial charge in [0.25, 0.3) is 5.56 Å². The van der Waals surface area contributed by atoms with E-state index in [-0.39, 0.29) is 5.56 Å². The van der Waals surface area contributed by atoms with Gasteiger partial charge in [-0.05, 0) is 36.2 Å². The van der Waals surface area contributed by atoms with Gasteiger partial charge in [0, 0.05) is 41.4 Å². The molecule has 2 aromatic heterocycles. The molecule has 0 unspecified atom stereocenters. The van der Waals surface area contributed by atoms with E-state index in [2.05, 4.69) is 19.9 Å². The molecule has 0 aliphatic carbocycles. The fourth-order valence-electron chi connectivity index (χ4n) is 3.14. The molecule has 1 N–H and O–H groups in total. The molecule has 0 spiro atoms. The summed E-state index contributed by atoms with van der Waals surface area (Å²) in [5.41, 5.74) is 3.13. The van der Waals surface area contributed by atoms with Crippen molar-refractivity contribution in [2.24, 2.45) is 0 Å². The number of hydrogen-bond acceptors (Lipinski definition) is 4. The number of nitrogens with zero attached hydrogens (tertiary/aromatic N) is 3. The van der Waals surface area contributed by atoms with Crippen LogP contribution in [0.2, 0.25) is 10.0 Å². The topological polar surface area (TPSA) is 61.9 Å². The Bertz CT molecular complexity index is 1000. The van der Waals surface area contributed by atoms with Crippen LogP contribution in [0.4, 0.5) is 0 Å². The van der Waals surface area contributed by atoms with Gasteiger partial charge in [-0.25, -0.2) is 4.98 Å². The monoisotopic (exact) mass is 386 g/mol. The van der Waals surface area contributed by atoms with E-state index in [1.165, 1.54) is 0 Å². The van der Waals surface area contributed by atoms with Gasteiger partial charge in [0.2, 0.25) is 0 Å². The number of benzene rings is 1. The first-order valence-electron chi connectivity index (χ1n) is 8.30. The molecule has 3 heterocycles. The molecular formula is C19H16Cl2N4O. The van der Waals surface area contributed by atoms with Crippen LogP contribution in [0.1, 0.15) is 16.8 Å². The average Bonchev–Trinajstić information content (AvgIpc) is 2.64. The predicted molar refractivity (Wildman–Crippen MR) is 102 cm³/mol. The number of pyridine rings is 1. The van der Waals surface area contributed by atoms with Crippen LogP contribution in [0.25, 0.3) is 11.5 Å². The molecule has 7 heteroatoms. The van der Waals surface area contributed by atoms with Crippen molar-refractivity contribution >= 4 is 23.2 Å². The minimum atomic E-state index is -0.0835. The Hall–Kier alpha value is -2.21. The third kappa shape index (κ3) is 3.51. The Morgan fingerprint density at radius 2 is 2.08 bits per heavy atom. The van der Waals surface area contributed by atoms with Gasteiger partial charge >= 0.3 is 0 Å². The number of aromatic nitrogens is 3. The molecule has 26 heavy (non-hydrogen) atoms. The zero-order chi connectivity index (χ0) is 18.1. The lowest BCUT2D eigenvalue weighted by molar-refractivity contribution is 0.240. The van der Waals surface area contributed by atoms with Gasteiger partial charge in [0.05, 0.1) is 5.69 Å². The summed E-state index contributed by atoms with van der Waals surface area (Å²) in [7, 11) is 0. The summed E-state index contributed by atoms with van der Waals surface area (Å²) in [5, 5.41) is 1.27. The predicted octanol–water partition coefficient (Wildman–Crippen LogP) is 3.70. The summed E-state index contributed by atoms with van der Waals surface area (Å²) in [5.74, 6) is 0.501. The Kier molecular flexibility index (Phi) is 4.76. The molecule has 0 saturated carbocycles. The Labute approximate surface area is 160 Å².